The Morgan fingerprint density at radius 1 is 1.26 bits per heavy atom. The van der Waals surface area contributed by atoms with Gasteiger partial charge in [0.1, 0.15) is 0 Å². The molecule has 1 saturated heterocycles. The Bertz CT molecular complexity index is 642. The van der Waals surface area contributed by atoms with Crippen molar-refractivity contribution in [1.29, 1.82) is 0 Å². The van der Waals surface area contributed by atoms with Gasteiger partial charge in [0.2, 0.25) is 0 Å². The lowest BCUT2D eigenvalue weighted by molar-refractivity contribution is 0.237. The van der Waals surface area contributed by atoms with E-state index in [9.17, 15) is 4.79 Å². The number of carbonyl (C=O) groups is 1. The lowest BCUT2D eigenvalue weighted by atomic mass is 10.2. The maximum atomic E-state index is 12.0. The molecule has 0 saturated carbocycles. The summed E-state index contributed by atoms with van der Waals surface area (Å²) in [6, 6.07) is 14.3. The van der Waals surface area contributed by atoms with E-state index in [2.05, 4.69) is 32.7 Å². The first kappa shape index (κ1) is 15.3. The van der Waals surface area contributed by atoms with E-state index in [1.165, 1.54) is 5.69 Å². The van der Waals surface area contributed by atoms with Gasteiger partial charge >= 0.3 is 6.03 Å². The molecule has 2 heterocycles. The number of hydrogen-bond donors (Lipinski definition) is 2. The van der Waals surface area contributed by atoms with Crippen LogP contribution in [0.3, 0.4) is 0 Å². The number of anilines is 1. The number of urea groups is 1. The van der Waals surface area contributed by atoms with Crippen LogP contribution >= 0.6 is 0 Å². The van der Waals surface area contributed by atoms with Gasteiger partial charge in [-0.2, -0.15) is 0 Å². The number of amides is 2. The summed E-state index contributed by atoms with van der Waals surface area (Å²) in [6.07, 6.45) is 2.76. The molecule has 0 unspecified atom stereocenters. The zero-order chi connectivity index (χ0) is 16.1. The third-order valence-corrected chi connectivity index (χ3v) is 4.07. The smallest absolute Gasteiger partial charge is 0.315 e. The molecule has 1 atom stereocenters. The molecule has 0 aliphatic carbocycles. The quantitative estimate of drug-likeness (QED) is 0.912. The van der Waals surface area contributed by atoms with Gasteiger partial charge in [0, 0.05) is 43.3 Å². The first-order valence-corrected chi connectivity index (χ1v) is 7.96. The van der Waals surface area contributed by atoms with Crippen LogP contribution in [0.25, 0.3) is 0 Å². The minimum absolute atomic E-state index is 0.120. The number of aryl methyl sites for hydroxylation is 1. The van der Waals surface area contributed by atoms with E-state index >= 15 is 0 Å². The second-order valence-electron chi connectivity index (χ2n) is 5.90. The molecule has 2 amide bonds. The number of aromatic nitrogens is 1. The van der Waals surface area contributed by atoms with E-state index in [0.29, 0.717) is 6.54 Å². The van der Waals surface area contributed by atoms with E-state index in [-0.39, 0.29) is 12.1 Å². The second kappa shape index (κ2) is 7.13. The average molecular weight is 310 g/mol. The minimum atomic E-state index is -0.120. The third kappa shape index (κ3) is 4.22. The highest BCUT2D eigenvalue weighted by Gasteiger charge is 2.23. The number of carbonyl (C=O) groups excluding carboxylic acids is 1. The standard InChI is InChI=1S/C18H22N4O/c1-14-7-8-15(11-19-14)12-20-18(23)21-16-9-10-22(13-16)17-5-3-2-4-6-17/h2-8,11,16H,9-10,12-13H2,1H3,(H2,20,21,23)/t16-/m1/s1. The predicted molar refractivity (Wildman–Crippen MR) is 91.4 cm³/mol. The normalized spacial score (nSPS) is 17.1. The van der Waals surface area contributed by atoms with E-state index in [1.54, 1.807) is 6.20 Å². The lowest BCUT2D eigenvalue weighted by Crippen LogP contribution is -2.43. The maximum Gasteiger partial charge on any atom is 0.315 e. The second-order valence-corrected chi connectivity index (χ2v) is 5.90. The van der Waals surface area contributed by atoms with Gasteiger partial charge in [-0.15, -0.1) is 0 Å². The summed E-state index contributed by atoms with van der Waals surface area (Å²) in [4.78, 5) is 18.5. The predicted octanol–water partition coefficient (Wildman–Crippen LogP) is 2.47. The number of hydrogen-bond acceptors (Lipinski definition) is 3. The third-order valence-electron chi connectivity index (χ3n) is 4.07. The number of rotatable bonds is 4. The van der Waals surface area contributed by atoms with Gasteiger partial charge in [0.05, 0.1) is 0 Å². The first-order chi connectivity index (χ1) is 11.2. The summed E-state index contributed by atoms with van der Waals surface area (Å²) in [6.45, 7) is 4.26. The molecule has 1 aliphatic rings. The summed E-state index contributed by atoms with van der Waals surface area (Å²) in [7, 11) is 0. The fourth-order valence-electron chi connectivity index (χ4n) is 2.77. The summed E-state index contributed by atoms with van der Waals surface area (Å²) >= 11 is 0. The highest BCUT2D eigenvalue weighted by Crippen LogP contribution is 2.19. The number of nitrogens with zero attached hydrogens (tertiary/aromatic N) is 2. The van der Waals surface area contributed by atoms with Crippen LogP contribution in [0.15, 0.2) is 48.7 Å². The molecule has 2 N–H and O–H groups in total. The molecule has 120 valence electrons. The molecule has 1 aromatic heterocycles. The van der Waals surface area contributed by atoms with Crippen LogP contribution in [0.1, 0.15) is 17.7 Å². The molecule has 3 rings (SSSR count). The molecule has 1 aromatic carbocycles. The molecule has 5 heteroatoms. The van der Waals surface area contributed by atoms with E-state index in [0.717, 1.165) is 30.8 Å². The Morgan fingerprint density at radius 2 is 2.09 bits per heavy atom. The topological polar surface area (TPSA) is 57.3 Å². The largest absolute Gasteiger partial charge is 0.369 e. The average Bonchev–Trinajstić information content (AvgIpc) is 3.04. The van der Waals surface area contributed by atoms with Gasteiger partial charge in [-0.25, -0.2) is 4.79 Å². The molecule has 2 aromatic rings. The monoisotopic (exact) mass is 310 g/mol. The van der Waals surface area contributed by atoms with E-state index in [1.807, 2.05) is 37.3 Å². The number of nitrogens with one attached hydrogen (secondary N) is 2. The van der Waals surface area contributed by atoms with Crippen molar-refractivity contribution in [2.45, 2.75) is 25.9 Å². The minimum Gasteiger partial charge on any atom is -0.369 e. The van der Waals surface area contributed by atoms with Gasteiger partial charge < -0.3 is 15.5 Å². The van der Waals surface area contributed by atoms with Crippen LogP contribution in [-0.4, -0.2) is 30.1 Å². The lowest BCUT2D eigenvalue weighted by Gasteiger charge is -2.19. The summed E-state index contributed by atoms with van der Waals surface area (Å²) in [5, 5.41) is 5.94. The van der Waals surface area contributed by atoms with Crippen LogP contribution in [-0.2, 0) is 6.54 Å². The van der Waals surface area contributed by atoms with Crippen molar-refractivity contribution in [3.05, 3.63) is 59.9 Å². The summed E-state index contributed by atoms with van der Waals surface area (Å²) in [5.41, 5.74) is 3.19. The van der Waals surface area contributed by atoms with Crippen molar-refractivity contribution in [1.82, 2.24) is 15.6 Å². The van der Waals surface area contributed by atoms with Gasteiger partial charge in [-0.1, -0.05) is 24.3 Å². The number of para-hydroxylation sites is 1. The molecule has 23 heavy (non-hydrogen) atoms. The van der Waals surface area contributed by atoms with Crippen molar-refractivity contribution in [2.24, 2.45) is 0 Å². The molecular formula is C18H22N4O. The number of pyridine rings is 1. The Labute approximate surface area is 136 Å². The van der Waals surface area contributed by atoms with Crippen LogP contribution in [0.5, 0.6) is 0 Å². The van der Waals surface area contributed by atoms with Gasteiger partial charge in [-0.3, -0.25) is 4.98 Å². The highest BCUT2D eigenvalue weighted by atomic mass is 16.2. The Morgan fingerprint density at radius 3 is 2.83 bits per heavy atom. The summed E-state index contributed by atoms with van der Waals surface area (Å²) < 4.78 is 0. The molecule has 0 bridgehead atoms. The van der Waals surface area contributed by atoms with Gasteiger partial charge in [-0.05, 0) is 37.1 Å². The fraction of sp³-hybridized carbons (Fsp3) is 0.333. The Balaban J connectivity index is 1.45. The van der Waals surface area contributed by atoms with Crippen LogP contribution < -0.4 is 15.5 Å². The van der Waals surface area contributed by atoms with Crippen LogP contribution in [0.2, 0.25) is 0 Å². The van der Waals surface area contributed by atoms with Gasteiger partial charge in [0.25, 0.3) is 0 Å². The Kier molecular flexibility index (Phi) is 4.76. The molecule has 0 spiro atoms. The van der Waals surface area contributed by atoms with E-state index in [4.69, 9.17) is 0 Å². The summed E-state index contributed by atoms with van der Waals surface area (Å²) in [5.74, 6) is 0. The molecule has 1 fully saturated rings. The van der Waals surface area contributed by atoms with Crippen molar-refractivity contribution >= 4 is 11.7 Å². The van der Waals surface area contributed by atoms with Crippen molar-refractivity contribution in [3.63, 3.8) is 0 Å². The molecular weight excluding hydrogens is 288 g/mol. The molecule has 5 nitrogen and oxygen atoms in total. The molecule has 1 aliphatic heterocycles. The maximum absolute atomic E-state index is 12.0. The first-order valence-electron chi connectivity index (χ1n) is 7.96. The Hall–Kier alpha value is -2.56. The zero-order valence-corrected chi connectivity index (χ0v) is 13.3. The van der Waals surface area contributed by atoms with Crippen molar-refractivity contribution in [2.75, 3.05) is 18.0 Å². The number of benzene rings is 1. The van der Waals surface area contributed by atoms with E-state index < -0.39 is 0 Å². The van der Waals surface area contributed by atoms with Crippen LogP contribution in [0, 0.1) is 6.92 Å². The van der Waals surface area contributed by atoms with Crippen molar-refractivity contribution in [3.8, 4) is 0 Å². The van der Waals surface area contributed by atoms with Gasteiger partial charge in [0.15, 0.2) is 0 Å². The SMILES string of the molecule is Cc1ccc(CNC(=O)N[C@@H]2CCN(c3ccccc3)C2)cn1. The van der Waals surface area contributed by atoms with Crippen molar-refractivity contribution < 1.29 is 4.79 Å². The highest BCUT2D eigenvalue weighted by molar-refractivity contribution is 5.74. The zero-order valence-electron chi connectivity index (χ0n) is 13.3. The fourth-order valence-corrected chi connectivity index (χ4v) is 2.77. The van der Waals surface area contributed by atoms with Crippen LogP contribution in [0.4, 0.5) is 10.5 Å². The molecule has 0 radical (unpaired) electrons.